The van der Waals surface area contributed by atoms with Gasteiger partial charge >= 0.3 is 0 Å². The Labute approximate surface area is 58.4 Å². The van der Waals surface area contributed by atoms with Gasteiger partial charge in [-0.1, -0.05) is 6.92 Å². The van der Waals surface area contributed by atoms with Crippen LogP contribution in [0.5, 0.6) is 0 Å². The average Bonchev–Trinajstić information content (AvgIpc) is 1.82. The summed E-state index contributed by atoms with van der Waals surface area (Å²) in [5, 5.41) is 12.0. The maximum Gasteiger partial charge on any atom is 0.0993 e. The van der Waals surface area contributed by atoms with Crippen LogP contribution >= 0.6 is 12.2 Å². The number of carbonyl (C=O) groups excluding carboxylic acids is 1. The molecule has 0 aromatic rings. The fraction of sp³-hybridized carbons (Fsp3) is 0.600. The van der Waals surface area contributed by atoms with Crippen LogP contribution in [0.1, 0.15) is 13.3 Å². The van der Waals surface area contributed by atoms with Gasteiger partial charge in [-0.3, -0.25) is 0 Å². The number of isothiocyanates is 1. The zero-order valence-corrected chi connectivity index (χ0v) is 5.77. The summed E-state index contributed by atoms with van der Waals surface area (Å²) in [6, 6.07) is -0.817. The molecular formula is C5H6NO2S-. The molecule has 0 rings (SSSR count). The first kappa shape index (κ1) is 8.27. The Kier molecular flexibility index (Phi) is 3.84. The summed E-state index contributed by atoms with van der Waals surface area (Å²) in [6.07, 6.45) is 0.395. The number of hydrogen-bond donors (Lipinski definition) is 0. The Balaban J connectivity index is 3.98. The Morgan fingerprint density at radius 1 is 2.00 bits per heavy atom. The van der Waals surface area contributed by atoms with Gasteiger partial charge in [0, 0.05) is 0 Å². The Bertz CT molecular complexity index is 149. The molecule has 0 fully saturated rings. The first-order valence-electron chi connectivity index (χ1n) is 2.50. The van der Waals surface area contributed by atoms with Crippen molar-refractivity contribution in [2.45, 2.75) is 19.4 Å². The third-order valence-corrected chi connectivity index (χ3v) is 0.973. The Hall–Kier alpha value is -0.730. The minimum absolute atomic E-state index is 0.395. The molecule has 1 unspecified atom stereocenters. The van der Waals surface area contributed by atoms with Crippen molar-refractivity contribution < 1.29 is 9.90 Å². The van der Waals surface area contributed by atoms with Crippen molar-refractivity contribution in [2.75, 3.05) is 0 Å². The molecule has 0 amide bonds. The zero-order chi connectivity index (χ0) is 7.28. The second kappa shape index (κ2) is 4.18. The fourth-order valence-electron chi connectivity index (χ4n) is 0.374. The average molecular weight is 144 g/mol. The number of nitrogens with zero attached hydrogens (tertiary/aromatic N) is 1. The van der Waals surface area contributed by atoms with E-state index in [0.29, 0.717) is 6.42 Å². The number of thiocarbonyl (C=S) groups is 1. The highest BCUT2D eigenvalue weighted by atomic mass is 32.1. The lowest BCUT2D eigenvalue weighted by molar-refractivity contribution is -0.307. The summed E-state index contributed by atoms with van der Waals surface area (Å²) >= 11 is 4.21. The van der Waals surface area contributed by atoms with Crippen LogP contribution in [-0.4, -0.2) is 17.2 Å². The van der Waals surface area contributed by atoms with E-state index in [1.165, 1.54) is 0 Å². The van der Waals surface area contributed by atoms with E-state index >= 15 is 0 Å². The first-order chi connectivity index (χ1) is 4.22. The van der Waals surface area contributed by atoms with Gasteiger partial charge in [-0.05, 0) is 18.6 Å². The number of carboxylic acid groups (broad SMARTS) is 1. The van der Waals surface area contributed by atoms with Crippen molar-refractivity contribution in [2.24, 2.45) is 4.99 Å². The fourth-order valence-corrected chi connectivity index (χ4v) is 0.502. The Morgan fingerprint density at radius 3 is 2.67 bits per heavy atom. The highest BCUT2D eigenvalue weighted by Crippen LogP contribution is 1.92. The van der Waals surface area contributed by atoms with Gasteiger partial charge in [0.15, 0.2) is 0 Å². The van der Waals surface area contributed by atoms with Crippen molar-refractivity contribution in [3.05, 3.63) is 0 Å². The molecule has 0 bridgehead atoms. The number of rotatable bonds is 3. The molecule has 0 heterocycles. The SMILES string of the molecule is CCC(N=C=S)C(=O)[O-]. The number of carbonyl (C=O) groups is 1. The topological polar surface area (TPSA) is 52.5 Å². The number of aliphatic carboxylic acids is 1. The molecular weight excluding hydrogens is 138 g/mol. The van der Waals surface area contributed by atoms with E-state index in [9.17, 15) is 9.90 Å². The third kappa shape index (κ3) is 2.95. The van der Waals surface area contributed by atoms with E-state index in [1.807, 2.05) is 5.16 Å². The third-order valence-electron chi connectivity index (χ3n) is 0.867. The van der Waals surface area contributed by atoms with E-state index in [0.717, 1.165) is 0 Å². The molecule has 0 saturated heterocycles. The molecule has 50 valence electrons. The van der Waals surface area contributed by atoms with Crippen molar-refractivity contribution in [1.29, 1.82) is 0 Å². The first-order valence-corrected chi connectivity index (χ1v) is 2.91. The molecule has 9 heavy (non-hydrogen) atoms. The molecule has 0 aliphatic heterocycles. The zero-order valence-electron chi connectivity index (χ0n) is 4.96. The molecule has 0 N–H and O–H groups in total. The van der Waals surface area contributed by atoms with Gasteiger partial charge in [-0.25, -0.2) is 4.99 Å². The number of carboxylic acids is 1. The van der Waals surface area contributed by atoms with E-state index in [2.05, 4.69) is 17.2 Å². The van der Waals surface area contributed by atoms with E-state index < -0.39 is 12.0 Å². The largest absolute Gasteiger partial charge is 0.548 e. The predicted molar refractivity (Wildman–Crippen MR) is 34.1 cm³/mol. The smallest absolute Gasteiger partial charge is 0.0993 e. The van der Waals surface area contributed by atoms with Crippen LogP contribution in [0.2, 0.25) is 0 Å². The number of aliphatic imine (C=N–C) groups is 1. The molecule has 1 atom stereocenters. The second-order valence-electron chi connectivity index (χ2n) is 1.46. The van der Waals surface area contributed by atoms with E-state index in [1.54, 1.807) is 6.92 Å². The lowest BCUT2D eigenvalue weighted by atomic mass is 10.2. The maximum absolute atomic E-state index is 10.0. The molecule has 4 heteroatoms. The normalized spacial score (nSPS) is 11.7. The highest BCUT2D eigenvalue weighted by molar-refractivity contribution is 7.78. The summed E-state index contributed by atoms with van der Waals surface area (Å²) < 4.78 is 0. The van der Waals surface area contributed by atoms with Crippen LogP contribution in [0.25, 0.3) is 0 Å². The summed E-state index contributed by atoms with van der Waals surface area (Å²) in [6.45, 7) is 1.69. The van der Waals surface area contributed by atoms with Gasteiger partial charge in [0.25, 0.3) is 0 Å². The molecule has 0 aliphatic rings. The van der Waals surface area contributed by atoms with Crippen LogP contribution in [0.15, 0.2) is 4.99 Å². The molecule has 0 spiro atoms. The van der Waals surface area contributed by atoms with Gasteiger partial charge < -0.3 is 9.90 Å². The van der Waals surface area contributed by atoms with Crippen molar-refractivity contribution in [3.8, 4) is 0 Å². The van der Waals surface area contributed by atoms with Gasteiger partial charge in [-0.2, -0.15) is 0 Å². The van der Waals surface area contributed by atoms with Gasteiger partial charge in [0.05, 0.1) is 17.2 Å². The van der Waals surface area contributed by atoms with Gasteiger partial charge in [-0.15, -0.1) is 0 Å². The maximum atomic E-state index is 10.0. The van der Waals surface area contributed by atoms with Crippen molar-refractivity contribution in [1.82, 2.24) is 0 Å². The standard InChI is InChI=1S/C5H7NO2S/c1-2-4(5(7)8)6-3-9/h4H,2H2,1H3,(H,7,8)/p-1. The predicted octanol–water partition coefficient (Wildman–Crippen LogP) is -0.382. The highest BCUT2D eigenvalue weighted by Gasteiger charge is 2.01. The van der Waals surface area contributed by atoms with Crippen LogP contribution < -0.4 is 5.11 Å². The second-order valence-corrected chi connectivity index (χ2v) is 1.65. The lowest BCUT2D eigenvalue weighted by Crippen LogP contribution is -2.33. The molecule has 3 nitrogen and oxygen atoms in total. The summed E-state index contributed by atoms with van der Waals surface area (Å²) in [4.78, 5) is 13.4. The minimum atomic E-state index is -1.20. The Morgan fingerprint density at radius 2 is 2.56 bits per heavy atom. The molecule has 0 aromatic heterocycles. The van der Waals surface area contributed by atoms with Crippen LogP contribution in [0.4, 0.5) is 0 Å². The van der Waals surface area contributed by atoms with Crippen LogP contribution in [-0.2, 0) is 4.79 Å². The monoisotopic (exact) mass is 144 g/mol. The van der Waals surface area contributed by atoms with Crippen LogP contribution in [0, 0.1) is 0 Å². The molecule has 0 aromatic carbocycles. The quantitative estimate of drug-likeness (QED) is 0.400. The summed E-state index contributed by atoms with van der Waals surface area (Å²) in [5.74, 6) is -1.20. The van der Waals surface area contributed by atoms with E-state index in [4.69, 9.17) is 0 Å². The van der Waals surface area contributed by atoms with Crippen molar-refractivity contribution >= 4 is 23.3 Å². The summed E-state index contributed by atoms with van der Waals surface area (Å²) in [7, 11) is 0. The number of hydrogen-bond acceptors (Lipinski definition) is 4. The van der Waals surface area contributed by atoms with Crippen LogP contribution in [0.3, 0.4) is 0 Å². The van der Waals surface area contributed by atoms with E-state index in [-0.39, 0.29) is 0 Å². The van der Waals surface area contributed by atoms with Gasteiger partial charge in [0.1, 0.15) is 0 Å². The van der Waals surface area contributed by atoms with Gasteiger partial charge in [0.2, 0.25) is 0 Å². The summed E-state index contributed by atoms with van der Waals surface area (Å²) in [5.41, 5.74) is 0. The minimum Gasteiger partial charge on any atom is -0.548 e. The molecule has 0 radical (unpaired) electrons. The molecule has 0 saturated carbocycles. The lowest BCUT2D eigenvalue weighted by Gasteiger charge is -2.06. The molecule has 0 aliphatic carbocycles. The van der Waals surface area contributed by atoms with Crippen molar-refractivity contribution in [3.63, 3.8) is 0 Å².